The standard InChI is InChI=1S/C13H25NO/c1-3-11-5-4-7-13(11,15)12-9-10(2)6-8-14-12/h10-12,14-15H,3-9H2,1-2H3. The van der Waals surface area contributed by atoms with E-state index in [0.717, 1.165) is 31.7 Å². The van der Waals surface area contributed by atoms with E-state index >= 15 is 0 Å². The molecule has 4 unspecified atom stereocenters. The molecular weight excluding hydrogens is 186 g/mol. The second-order valence-electron chi connectivity index (χ2n) is 5.62. The van der Waals surface area contributed by atoms with E-state index in [-0.39, 0.29) is 0 Å². The zero-order valence-corrected chi connectivity index (χ0v) is 10.1. The van der Waals surface area contributed by atoms with Crippen LogP contribution in [0.3, 0.4) is 0 Å². The van der Waals surface area contributed by atoms with Gasteiger partial charge in [0.1, 0.15) is 0 Å². The van der Waals surface area contributed by atoms with E-state index in [2.05, 4.69) is 19.2 Å². The summed E-state index contributed by atoms with van der Waals surface area (Å²) in [6.45, 7) is 5.62. The Kier molecular flexibility index (Phi) is 3.36. The maximum atomic E-state index is 10.8. The number of rotatable bonds is 2. The van der Waals surface area contributed by atoms with Gasteiger partial charge in [-0.05, 0) is 44.1 Å². The predicted molar refractivity (Wildman–Crippen MR) is 62.8 cm³/mol. The minimum atomic E-state index is -0.399. The molecule has 0 aromatic carbocycles. The van der Waals surface area contributed by atoms with Crippen molar-refractivity contribution in [1.82, 2.24) is 5.32 Å². The van der Waals surface area contributed by atoms with Gasteiger partial charge < -0.3 is 10.4 Å². The maximum Gasteiger partial charge on any atom is 0.0827 e. The minimum Gasteiger partial charge on any atom is -0.388 e. The fraction of sp³-hybridized carbons (Fsp3) is 1.00. The Labute approximate surface area is 93.5 Å². The van der Waals surface area contributed by atoms with E-state index in [1.54, 1.807) is 0 Å². The number of hydrogen-bond acceptors (Lipinski definition) is 2. The molecule has 0 aromatic heterocycles. The summed E-state index contributed by atoms with van der Waals surface area (Å²) in [7, 11) is 0. The molecule has 15 heavy (non-hydrogen) atoms. The van der Waals surface area contributed by atoms with Crippen molar-refractivity contribution < 1.29 is 5.11 Å². The third-order valence-electron chi connectivity index (χ3n) is 4.60. The molecule has 1 saturated carbocycles. The smallest absolute Gasteiger partial charge is 0.0827 e. The van der Waals surface area contributed by atoms with Crippen molar-refractivity contribution in [1.29, 1.82) is 0 Å². The molecule has 88 valence electrons. The van der Waals surface area contributed by atoms with Crippen LogP contribution in [0, 0.1) is 11.8 Å². The van der Waals surface area contributed by atoms with E-state index in [4.69, 9.17) is 0 Å². The molecule has 4 atom stereocenters. The summed E-state index contributed by atoms with van der Waals surface area (Å²) < 4.78 is 0. The van der Waals surface area contributed by atoms with Gasteiger partial charge in [-0.25, -0.2) is 0 Å². The van der Waals surface area contributed by atoms with Crippen LogP contribution in [-0.2, 0) is 0 Å². The fourth-order valence-corrected chi connectivity index (χ4v) is 3.59. The molecule has 1 saturated heterocycles. The topological polar surface area (TPSA) is 32.3 Å². The highest BCUT2D eigenvalue weighted by Gasteiger charge is 2.46. The summed E-state index contributed by atoms with van der Waals surface area (Å²) in [4.78, 5) is 0. The molecule has 2 aliphatic rings. The quantitative estimate of drug-likeness (QED) is 0.734. The number of piperidine rings is 1. The van der Waals surface area contributed by atoms with Crippen LogP contribution in [0.15, 0.2) is 0 Å². The third-order valence-corrected chi connectivity index (χ3v) is 4.60. The summed E-state index contributed by atoms with van der Waals surface area (Å²) in [5.74, 6) is 1.30. The molecule has 2 N–H and O–H groups in total. The van der Waals surface area contributed by atoms with Crippen molar-refractivity contribution in [3.05, 3.63) is 0 Å². The number of aliphatic hydroxyl groups is 1. The van der Waals surface area contributed by atoms with Crippen LogP contribution >= 0.6 is 0 Å². The van der Waals surface area contributed by atoms with Gasteiger partial charge in [-0.1, -0.05) is 26.7 Å². The molecule has 0 amide bonds. The zero-order chi connectivity index (χ0) is 10.9. The molecule has 0 spiro atoms. The lowest BCUT2D eigenvalue weighted by Gasteiger charge is -2.42. The highest BCUT2D eigenvalue weighted by molar-refractivity contribution is 5.02. The van der Waals surface area contributed by atoms with Crippen LogP contribution in [0.5, 0.6) is 0 Å². The van der Waals surface area contributed by atoms with Crippen LogP contribution < -0.4 is 5.32 Å². The van der Waals surface area contributed by atoms with Gasteiger partial charge in [0, 0.05) is 6.04 Å². The van der Waals surface area contributed by atoms with Crippen LogP contribution in [0.1, 0.15) is 52.4 Å². The summed E-state index contributed by atoms with van der Waals surface area (Å²) in [6.07, 6.45) is 7.00. The average molecular weight is 211 g/mol. The first-order valence-corrected chi connectivity index (χ1v) is 6.62. The van der Waals surface area contributed by atoms with Crippen molar-refractivity contribution in [3.63, 3.8) is 0 Å². The lowest BCUT2D eigenvalue weighted by Crippen LogP contribution is -2.56. The summed E-state index contributed by atoms with van der Waals surface area (Å²) >= 11 is 0. The maximum absolute atomic E-state index is 10.8. The van der Waals surface area contributed by atoms with Gasteiger partial charge in [0.2, 0.25) is 0 Å². The molecule has 2 fully saturated rings. The Morgan fingerprint density at radius 1 is 1.40 bits per heavy atom. The van der Waals surface area contributed by atoms with Gasteiger partial charge in [0.25, 0.3) is 0 Å². The van der Waals surface area contributed by atoms with Crippen molar-refractivity contribution in [2.75, 3.05) is 6.54 Å². The van der Waals surface area contributed by atoms with Crippen molar-refractivity contribution in [3.8, 4) is 0 Å². The van der Waals surface area contributed by atoms with Gasteiger partial charge in [-0.3, -0.25) is 0 Å². The molecule has 0 aromatic rings. The number of hydrogen-bond donors (Lipinski definition) is 2. The van der Waals surface area contributed by atoms with Crippen LogP contribution in [-0.4, -0.2) is 23.3 Å². The van der Waals surface area contributed by atoms with Crippen LogP contribution in [0.25, 0.3) is 0 Å². The van der Waals surface area contributed by atoms with Gasteiger partial charge in [0.05, 0.1) is 5.60 Å². The Morgan fingerprint density at radius 3 is 2.87 bits per heavy atom. The summed E-state index contributed by atoms with van der Waals surface area (Å²) in [5, 5.41) is 14.4. The SMILES string of the molecule is CCC1CCCC1(O)C1CC(C)CCN1. The second kappa shape index (κ2) is 4.42. The van der Waals surface area contributed by atoms with Gasteiger partial charge in [-0.2, -0.15) is 0 Å². The Hall–Kier alpha value is -0.0800. The summed E-state index contributed by atoms with van der Waals surface area (Å²) in [5.41, 5.74) is -0.399. The van der Waals surface area contributed by atoms with E-state index in [1.165, 1.54) is 19.3 Å². The largest absolute Gasteiger partial charge is 0.388 e. The van der Waals surface area contributed by atoms with Crippen molar-refractivity contribution in [2.24, 2.45) is 11.8 Å². The van der Waals surface area contributed by atoms with E-state index < -0.39 is 5.60 Å². The lowest BCUT2D eigenvalue weighted by molar-refractivity contribution is -0.0460. The molecule has 2 nitrogen and oxygen atoms in total. The van der Waals surface area contributed by atoms with E-state index in [0.29, 0.717) is 12.0 Å². The molecule has 0 radical (unpaired) electrons. The first kappa shape index (κ1) is 11.4. The highest BCUT2D eigenvalue weighted by atomic mass is 16.3. The van der Waals surface area contributed by atoms with E-state index in [9.17, 15) is 5.11 Å². The van der Waals surface area contributed by atoms with Gasteiger partial charge in [-0.15, -0.1) is 0 Å². The zero-order valence-electron chi connectivity index (χ0n) is 10.1. The van der Waals surface area contributed by atoms with E-state index in [1.807, 2.05) is 0 Å². The monoisotopic (exact) mass is 211 g/mol. The Bertz CT molecular complexity index is 219. The van der Waals surface area contributed by atoms with Gasteiger partial charge in [0.15, 0.2) is 0 Å². The number of nitrogens with one attached hydrogen (secondary N) is 1. The average Bonchev–Trinajstić information content (AvgIpc) is 2.61. The van der Waals surface area contributed by atoms with Gasteiger partial charge >= 0.3 is 0 Å². The predicted octanol–water partition coefficient (Wildman–Crippen LogP) is 2.32. The lowest BCUT2D eigenvalue weighted by atomic mass is 9.76. The molecule has 2 rings (SSSR count). The highest BCUT2D eigenvalue weighted by Crippen LogP contribution is 2.42. The Morgan fingerprint density at radius 2 is 2.20 bits per heavy atom. The fourth-order valence-electron chi connectivity index (χ4n) is 3.59. The minimum absolute atomic E-state index is 0.355. The second-order valence-corrected chi connectivity index (χ2v) is 5.62. The molecule has 1 heterocycles. The first-order valence-electron chi connectivity index (χ1n) is 6.62. The third kappa shape index (κ3) is 2.07. The molecule has 2 heteroatoms. The van der Waals surface area contributed by atoms with Crippen LogP contribution in [0.4, 0.5) is 0 Å². The molecule has 0 bridgehead atoms. The first-order chi connectivity index (χ1) is 7.16. The van der Waals surface area contributed by atoms with Crippen molar-refractivity contribution >= 4 is 0 Å². The summed E-state index contributed by atoms with van der Waals surface area (Å²) in [6, 6.07) is 0.355. The molecule has 1 aliphatic heterocycles. The Balaban J connectivity index is 2.06. The molecular formula is C13H25NO. The van der Waals surface area contributed by atoms with Crippen molar-refractivity contribution in [2.45, 2.75) is 64.0 Å². The molecule has 1 aliphatic carbocycles. The van der Waals surface area contributed by atoms with Crippen LogP contribution in [0.2, 0.25) is 0 Å². The normalized spacial score (nSPS) is 47.0.